The Morgan fingerprint density at radius 3 is 2.67 bits per heavy atom. The molecule has 0 radical (unpaired) electrons. The number of sulfonamides is 1. The first-order valence-corrected chi connectivity index (χ1v) is 10.9. The maximum Gasteiger partial charge on any atom is 0.250 e. The molecule has 152 valence electrons. The molecule has 0 saturated carbocycles. The summed E-state index contributed by atoms with van der Waals surface area (Å²) in [6, 6.07) is 7.12. The van der Waals surface area contributed by atoms with Gasteiger partial charge in [-0.3, -0.25) is 4.99 Å². The highest BCUT2D eigenvalue weighted by molar-refractivity contribution is 14.0. The minimum atomic E-state index is -3.54. The topological polar surface area (TPSA) is 78.7 Å². The summed E-state index contributed by atoms with van der Waals surface area (Å²) in [5.74, 6) is 0.729. The zero-order valence-corrected chi connectivity index (χ0v) is 20.2. The summed E-state index contributed by atoms with van der Waals surface area (Å²) >= 11 is 6.83. The van der Waals surface area contributed by atoms with Crippen LogP contribution in [-0.4, -0.2) is 50.5 Å². The summed E-state index contributed by atoms with van der Waals surface area (Å²) in [6.07, 6.45) is 2.00. The van der Waals surface area contributed by atoms with Gasteiger partial charge >= 0.3 is 0 Å². The van der Waals surface area contributed by atoms with Gasteiger partial charge in [0.15, 0.2) is 5.96 Å². The van der Waals surface area contributed by atoms with Crippen LogP contribution in [0.1, 0.15) is 12.6 Å². The van der Waals surface area contributed by atoms with Crippen molar-refractivity contribution < 1.29 is 8.42 Å². The number of nitrogens with zero attached hydrogens (tertiary/aromatic N) is 3. The Morgan fingerprint density at radius 1 is 1.37 bits per heavy atom. The monoisotopic (exact) mass is 545 g/mol. The van der Waals surface area contributed by atoms with E-state index in [9.17, 15) is 8.42 Å². The largest absolute Gasteiger partial charge is 0.357 e. The zero-order valence-electron chi connectivity index (χ0n) is 15.5. The number of hydrogen-bond donors (Lipinski definition) is 2. The molecule has 2 rings (SSSR count). The molecule has 0 aliphatic rings. The van der Waals surface area contributed by atoms with Crippen LogP contribution in [0.3, 0.4) is 0 Å². The fourth-order valence-corrected chi connectivity index (χ4v) is 4.85. The van der Waals surface area contributed by atoms with Gasteiger partial charge in [0.1, 0.15) is 4.21 Å². The van der Waals surface area contributed by atoms with E-state index in [2.05, 4.69) is 25.7 Å². The molecular formula is C16H25ClIN5O2S2. The lowest BCUT2D eigenvalue weighted by Crippen LogP contribution is -2.39. The van der Waals surface area contributed by atoms with E-state index in [0.717, 1.165) is 29.5 Å². The second-order valence-corrected chi connectivity index (χ2v) is 9.37. The number of guanidine groups is 1. The molecule has 2 aromatic rings. The Labute approximate surface area is 186 Å². The maximum absolute atomic E-state index is 12.2. The molecule has 0 fully saturated rings. The zero-order chi connectivity index (χ0) is 19.2. The lowest BCUT2D eigenvalue weighted by atomic mass is 10.4. The molecule has 0 aromatic carbocycles. The molecule has 0 atom stereocenters. The molecule has 0 saturated heterocycles. The van der Waals surface area contributed by atoms with Gasteiger partial charge < -0.3 is 14.8 Å². The van der Waals surface area contributed by atoms with Gasteiger partial charge in [0.25, 0.3) is 0 Å². The third-order valence-electron chi connectivity index (χ3n) is 3.63. The van der Waals surface area contributed by atoms with Crippen LogP contribution in [0, 0.1) is 0 Å². The molecule has 2 heterocycles. The Bertz CT molecular complexity index is 851. The van der Waals surface area contributed by atoms with Crippen LogP contribution in [0.25, 0.3) is 0 Å². The molecule has 7 nitrogen and oxygen atoms in total. The van der Waals surface area contributed by atoms with E-state index in [-0.39, 0.29) is 34.7 Å². The number of aromatic nitrogens is 1. The van der Waals surface area contributed by atoms with Crippen LogP contribution in [0.2, 0.25) is 4.34 Å². The van der Waals surface area contributed by atoms with E-state index in [4.69, 9.17) is 11.6 Å². The highest BCUT2D eigenvalue weighted by Gasteiger charge is 2.15. The molecule has 0 amide bonds. The van der Waals surface area contributed by atoms with Crippen LogP contribution in [0.15, 0.2) is 39.7 Å². The van der Waals surface area contributed by atoms with E-state index >= 15 is 0 Å². The van der Waals surface area contributed by atoms with Crippen molar-refractivity contribution in [2.45, 2.75) is 17.7 Å². The Kier molecular flexibility index (Phi) is 10.1. The van der Waals surface area contributed by atoms with Gasteiger partial charge in [-0.25, -0.2) is 13.1 Å². The highest BCUT2D eigenvalue weighted by Crippen LogP contribution is 2.25. The summed E-state index contributed by atoms with van der Waals surface area (Å²) in [7, 11) is 0.410. The molecule has 0 aliphatic heterocycles. The van der Waals surface area contributed by atoms with Crippen molar-refractivity contribution in [1.29, 1.82) is 0 Å². The predicted molar refractivity (Wildman–Crippen MR) is 123 cm³/mol. The van der Waals surface area contributed by atoms with Gasteiger partial charge in [-0.1, -0.05) is 11.6 Å². The minimum Gasteiger partial charge on any atom is -0.357 e. The second kappa shape index (κ2) is 11.2. The molecule has 11 heteroatoms. The van der Waals surface area contributed by atoms with Crippen molar-refractivity contribution in [1.82, 2.24) is 19.5 Å². The van der Waals surface area contributed by atoms with Crippen molar-refractivity contribution in [3.8, 4) is 0 Å². The Balaban J connectivity index is 0.00000364. The van der Waals surface area contributed by atoms with E-state index < -0.39 is 10.0 Å². The first kappa shape index (κ1) is 24.2. The summed E-state index contributed by atoms with van der Waals surface area (Å²) in [6.45, 7) is 3.97. The SMILES string of the molecule is CCNC(=NCCNS(=O)(=O)c1ccc(Cl)s1)N(C)Cc1cccn1C.I. The molecule has 0 spiro atoms. The normalized spacial score (nSPS) is 11.9. The molecular weight excluding hydrogens is 521 g/mol. The average molecular weight is 546 g/mol. The van der Waals surface area contributed by atoms with Crippen molar-refractivity contribution in [2.75, 3.05) is 26.7 Å². The van der Waals surface area contributed by atoms with Gasteiger partial charge in [0.05, 0.1) is 17.4 Å². The summed E-state index contributed by atoms with van der Waals surface area (Å²) in [4.78, 5) is 6.50. The quantitative estimate of drug-likeness (QED) is 0.231. The number of aliphatic imine (C=N–C) groups is 1. The Morgan fingerprint density at radius 2 is 2.11 bits per heavy atom. The van der Waals surface area contributed by atoms with Crippen molar-refractivity contribution in [2.24, 2.45) is 12.0 Å². The van der Waals surface area contributed by atoms with E-state index in [1.54, 1.807) is 6.07 Å². The van der Waals surface area contributed by atoms with Gasteiger partial charge in [-0.2, -0.15) is 0 Å². The molecule has 2 N–H and O–H groups in total. The average Bonchev–Trinajstić information content (AvgIpc) is 3.19. The van der Waals surface area contributed by atoms with Crippen molar-refractivity contribution >= 4 is 62.9 Å². The molecule has 0 unspecified atom stereocenters. The number of halogens is 2. The first-order chi connectivity index (χ1) is 12.3. The summed E-state index contributed by atoms with van der Waals surface area (Å²) in [5, 5.41) is 3.22. The van der Waals surface area contributed by atoms with Gasteiger partial charge in [0.2, 0.25) is 10.0 Å². The maximum atomic E-state index is 12.2. The lowest BCUT2D eigenvalue weighted by molar-refractivity contribution is 0.462. The minimum absolute atomic E-state index is 0. The molecule has 0 bridgehead atoms. The number of thiophene rings is 1. The number of aryl methyl sites for hydroxylation is 1. The van der Waals surface area contributed by atoms with Crippen LogP contribution < -0.4 is 10.0 Å². The fraction of sp³-hybridized carbons (Fsp3) is 0.438. The van der Waals surface area contributed by atoms with Crippen LogP contribution >= 0.6 is 46.9 Å². The van der Waals surface area contributed by atoms with Crippen LogP contribution in [0.4, 0.5) is 0 Å². The third kappa shape index (κ3) is 7.26. The highest BCUT2D eigenvalue weighted by atomic mass is 127. The van der Waals surface area contributed by atoms with E-state index in [0.29, 0.717) is 17.4 Å². The molecule has 2 aromatic heterocycles. The van der Waals surface area contributed by atoms with Crippen molar-refractivity contribution in [3.05, 3.63) is 40.5 Å². The van der Waals surface area contributed by atoms with Gasteiger partial charge in [-0.15, -0.1) is 35.3 Å². The second-order valence-electron chi connectivity index (χ2n) is 5.66. The summed E-state index contributed by atoms with van der Waals surface area (Å²) < 4.78 is 29.6. The smallest absolute Gasteiger partial charge is 0.250 e. The fourth-order valence-electron chi connectivity index (χ4n) is 2.30. The predicted octanol–water partition coefficient (Wildman–Crippen LogP) is 2.73. The van der Waals surface area contributed by atoms with Gasteiger partial charge in [0, 0.05) is 39.1 Å². The number of hydrogen-bond acceptors (Lipinski definition) is 4. The lowest BCUT2D eigenvalue weighted by Gasteiger charge is -2.22. The number of nitrogens with one attached hydrogen (secondary N) is 2. The standard InChI is InChI=1S/C16H24ClN5O2S2.HI/c1-4-18-16(22(3)12-13-6-5-11-21(13)2)19-9-10-20-26(23,24)15-8-7-14(17)25-15;/h5-8,11,20H,4,9-10,12H2,1-3H3,(H,18,19);1H. The van der Waals surface area contributed by atoms with E-state index in [1.807, 2.05) is 38.2 Å². The Hall–Kier alpha value is -0.820. The number of rotatable bonds is 8. The van der Waals surface area contributed by atoms with Crippen LogP contribution in [0.5, 0.6) is 0 Å². The first-order valence-electron chi connectivity index (χ1n) is 8.18. The van der Waals surface area contributed by atoms with Crippen molar-refractivity contribution in [3.63, 3.8) is 0 Å². The van der Waals surface area contributed by atoms with Gasteiger partial charge in [-0.05, 0) is 31.2 Å². The third-order valence-corrected chi connectivity index (χ3v) is 6.81. The van der Waals surface area contributed by atoms with Crippen LogP contribution in [-0.2, 0) is 23.6 Å². The molecule has 27 heavy (non-hydrogen) atoms. The van der Waals surface area contributed by atoms with E-state index in [1.165, 1.54) is 6.07 Å². The molecule has 0 aliphatic carbocycles. The summed E-state index contributed by atoms with van der Waals surface area (Å²) in [5.41, 5.74) is 1.16.